The van der Waals surface area contributed by atoms with Gasteiger partial charge >= 0.3 is 0 Å². The summed E-state index contributed by atoms with van der Waals surface area (Å²) in [6.45, 7) is 8.12. The normalized spacial score (nSPS) is 12.4. The van der Waals surface area contributed by atoms with Crippen molar-refractivity contribution in [1.82, 2.24) is 5.32 Å². The average Bonchev–Trinajstić information content (AvgIpc) is 2.58. The molecule has 2 rings (SSSR count). The zero-order chi connectivity index (χ0) is 17.7. The van der Waals surface area contributed by atoms with E-state index in [1.807, 2.05) is 37.3 Å². The highest BCUT2D eigenvalue weighted by molar-refractivity contribution is 6.12. The van der Waals surface area contributed by atoms with Crippen LogP contribution in [0.3, 0.4) is 0 Å². The lowest BCUT2D eigenvalue weighted by Crippen LogP contribution is -2.35. The first kappa shape index (κ1) is 17.8. The molecule has 24 heavy (non-hydrogen) atoms. The Morgan fingerprint density at radius 3 is 2.00 bits per heavy atom. The standard InChI is InChI=1S/C21H25NO2/c1-15(20(23)17-11-13-18(24-5)14-12-17)19(22-21(2,3)4)16-9-7-6-8-10-16/h6-14,22H,1-5H3/b19-15+. The molecule has 126 valence electrons. The molecule has 2 aromatic rings. The van der Waals surface area contributed by atoms with E-state index in [0.717, 1.165) is 17.0 Å². The SMILES string of the molecule is COc1ccc(C(=O)/C(C)=C(/NC(C)(C)C)c2ccccc2)cc1. The Hall–Kier alpha value is -2.55. The Labute approximate surface area is 144 Å². The number of hydrogen-bond acceptors (Lipinski definition) is 3. The van der Waals surface area contributed by atoms with Gasteiger partial charge in [0.2, 0.25) is 0 Å². The van der Waals surface area contributed by atoms with Crippen LogP contribution in [0.5, 0.6) is 5.75 Å². The quantitative estimate of drug-likeness (QED) is 0.640. The molecule has 0 saturated heterocycles. The molecule has 0 atom stereocenters. The fourth-order valence-electron chi connectivity index (χ4n) is 2.43. The van der Waals surface area contributed by atoms with Gasteiger partial charge in [0.1, 0.15) is 5.75 Å². The molecule has 0 heterocycles. The van der Waals surface area contributed by atoms with Gasteiger partial charge in [0, 0.05) is 22.4 Å². The molecule has 0 fully saturated rings. The molecule has 0 amide bonds. The van der Waals surface area contributed by atoms with Crippen LogP contribution in [0.15, 0.2) is 60.2 Å². The molecule has 0 aromatic heterocycles. The van der Waals surface area contributed by atoms with Gasteiger partial charge in [-0.25, -0.2) is 0 Å². The number of benzene rings is 2. The topological polar surface area (TPSA) is 38.3 Å². The van der Waals surface area contributed by atoms with E-state index in [0.29, 0.717) is 11.1 Å². The lowest BCUT2D eigenvalue weighted by atomic mass is 9.97. The van der Waals surface area contributed by atoms with Crippen LogP contribution < -0.4 is 10.1 Å². The van der Waals surface area contributed by atoms with Gasteiger partial charge in [-0.15, -0.1) is 0 Å². The highest BCUT2D eigenvalue weighted by Gasteiger charge is 2.19. The molecular weight excluding hydrogens is 298 g/mol. The molecule has 0 aliphatic rings. The summed E-state index contributed by atoms with van der Waals surface area (Å²) in [4.78, 5) is 12.9. The number of ether oxygens (including phenoxy) is 1. The van der Waals surface area contributed by atoms with Gasteiger partial charge in [-0.05, 0) is 57.5 Å². The summed E-state index contributed by atoms with van der Waals surface area (Å²) in [6, 6.07) is 17.2. The summed E-state index contributed by atoms with van der Waals surface area (Å²) < 4.78 is 5.16. The van der Waals surface area contributed by atoms with Gasteiger partial charge in [0.05, 0.1) is 7.11 Å². The van der Waals surface area contributed by atoms with Gasteiger partial charge in [-0.3, -0.25) is 4.79 Å². The van der Waals surface area contributed by atoms with Crippen molar-refractivity contribution in [1.29, 1.82) is 0 Å². The summed E-state index contributed by atoms with van der Waals surface area (Å²) in [7, 11) is 1.61. The molecule has 0 bridgehead atoms. The molecule has 0 aliphatic heterocycles. The summed E-state index contributed by atoms with van der Waals surface area (Å²) in [6.07, 6.45) is 0. The Balaban J connectivity index is 2.45. The van der Waals surface area contributed by atoms with Crippen molar-refractivity contribution < 1.29 is 9.53 Å². The van der Waals surface area contributed by atoms with Crippen molar-refractivity contribution in [2.24, 2.45) is 0 Å². The van der Waals surface area contributed by atoms with E-state index in [4.69, 9.17) is 4.74 Å². The van der Waals surface area contributed by atoms with E-state index >= 15 is 0 Å². The fraction of sp³-hybridized carbons (Fsp3) is 0.286. The van der Waals surface area contributed by atoms with E-state index < -0.39 is 0 Å². The van der Waals surface area contributed by atoms with E-state index in [1.165, 1.54) is 0 Å². The third-order valence-corrected chi connectivity index (χ3v) is 3.63. The Bertz CT molecular complexity index is 723. The predicted molar refractivity (Wildman–Crippen MR) is 99.2 cm³/mol. The number of allylic oxidation sites excluding steroid dienone is 1. The maximum absolute atomic E-state index is 12.9. The second-order valence-electron chi connectivity index (χ2n) is 6.80. The number of carbonyl (C=O) groups excluding carboxylic acids is 1. The molecule has 1 N–H and O–H groups in total. The molecule has 0 saturated carbocycles. The van der Waals surface area contributed by atoms with Gasteiger partial charge in [0.25, 0.3) is 0 Å². The second-order valence-corrected chi connectivity index (χ2v) is 6.80. The number of ketones is 1. The summed E-state index contributed by atoms with van der Waals surface area (Å²) >= 11 is 0. The van der Waals surface area contributed by atoms with Crippen molar-refractivity contribution in [2.75, 3.05) is 7.11 Å². The van der Waals surface area contributed by atoms with Crippen LogP contribution in [-0.4, -0.2) is 18.4 Å². The Kier molecular flexibility index (Phi) is 5.45. The van der Waals surface area contributed by atoms with Crippen LogP contribution in [0.2, 0.25) is 0 Å². The molecule has 3 nitrogen and oxygen atoms in total. The molecular formula is C21H25NO2. The largest absolute Gasteiger partial charge is 0.497 e. The second kappa shape index (κ2) is 7.35. The number of carbonyl (C=O) groups is 1. The average molecular weight is 323 g/mol. The number of methoxy groups -OCH3 is 1. The van der Waals surface area contributed by atoms with Crippen LogP contribution in [0.1, 0.15) is 43.6 Å². The van der Waals surface area contributed by atoms with Gasteiger partial charge in [-0.2, -0.15) is 0 Å². The first-order valence-corrected chi connectivity index (χ1v) is 8.05. The third-order valence-electron chi connectivity index (χ3n) is 3.63. The summed E-state index contributed by atoms with van der Waals surface area (Å²) in [5, 5.41) is 3.48. The van der Waals surface area contributed by atoms with Crippen LogP contribution in [-0.2, 0) is 0 Å². The van der Waals surface area contributed by atoms with E-state index in [-0.39, 0.29) is 11.3 Å². The molecule has 3 heteroatoms. The van der Waals surface area contributed by atoms with Gasteiger partial charge < -0.3 is 10.1 Å². The Morgan fingerprint density at radius 2 is 1.50 bits per heavy atom. The first-order chi connectivity index (χ1) is 11.3. The van der Waals surface area contributed by atoms with E-state index in [1.54, 1.807) is 31.4 Å². The zero-order valence-electron chi connectivity index (χ0n) is 15.0. The highest BCUT2D eigenvalue weighted by atomic mass is 16.5. The predicted octanol–water partition coefficient (Wildman–Crippen LogP) is 4.70. The van der Waals surface area contributed by atoms with Crippen LogP contribution in [0, 0.1) is 0 Å². The van der Waals surface area contributed by atoms with Crippen molar-refractivity contribution in [2.45, 2.75) is 33.2 Å². The van der Waals surface area contributed by atoms with E-state index in [2.05, 4.69) is 26.1 Å². The molecule has 0 radical (unpaired) electrons. The highest BCUT2D eigenvalue weighted by Crippen LogP contribution is 2.23. The molecule has 0 unspecified atom stereocenters. The lowest BCUT2D eigenvalue weighted by molar-refractivity contribution is 0.103. The summed E-state index contributed by atoms with van der Waals surface area (Å²) in [5.41, 5.74) is 3.07. The van der Waals surface area contributed by atoms with Gasteiger partial charge in [-0.1, -0.05) is 30.3 Å². The Morgan fingerprint density at radius 1 is 0.917 bits per heavy atom. The lowest BCUT2D eigenvalue weighted by Gasteiger charge is -2.26. The third kappa shape index (κ3) is 4.48. The molecule has 0 spiro atoms. The molecule has 0 aliphatic carbocycles. The van der Waals surface area contributed by atoms with Crippen molar-refractivity contribution >= 4 is 11.5 Å². The monoisotopic (exact) mass is 323 g/mol. The first-order valence-electron chi connectivity index (χ1n) is 8.05. The van der Waals surface area contributed by atoms with Crippen LogP contribution in [0.25, 0.3) is 5.70 Å². The number of Topliss-reactive ketones (excluding diaryl/α,β-unsaturated/α-hetero) is 1. The number of rotatable bonds is 5. The zero-order valence-corrected chi connectivity index (χ0v) is 15.0. The number of hydrogen-bond donors (Lipinski definition) is 1. The smallest absolute Gasteiger partial charge is 0.190 e. The minimum Gasteiger partial charge on any atom is -0.497 e. The number of nitrogens with one attached hydrogen (secondary N) is 1. The van der Waals surface area contributed by atoms with Crippen LogP contribution in [0.4, 0.5) is 0 Å². The van der Waals surface area contributed by atoms with Crippen molar-refractivity contribution in [3.8, 4) is 5.75 Å². The van der Waals surface area contributed by atoms with Gasteiger partial charge in [0.15, 0.2) is 5.78 Å². The fourth-order valence-corrected chi connectivity index (χ4v) is 2.43. The van der Waals surface area contributed by atoms with Crippen molar-refractivity contribution in [3.05, 3.63) is 71.3 Å². The minimum atomic E-state index is -0.146. The molecule has 2 aromatic carbocycles. The van der Waals surface area contributed by atoms with Crippen LogP contribution >= 0.6 is 0 Å². The summed E-state index contributed by atoms with van der Waals surface area (Å²) in [5.74, 6) is 0.748. The van der Waals surface area contributed by atoms with Crippen molar-refractivity contribution in [3.63, 3.8) is 0 Å². The maximum atomic E-state index is 12.9. The minimum absolute atomic E-state index is 0.00764. The van der Waals surface area contributed by atoms with E-state index in [9.17, 15) is 4.79 Å². The maximum Gasteiger partial charge on any atom is 0.190 e.